The molecule has 0 bridgehead atoms. The number of benzene rings is 1. The molecule has 24 heavy (non-hydrogen) atoms. The van der Waals surface area contributed by atoms with Crippen molar-refractivity contribution in [1.82, 2.24) is 5.32 Å². The zero-order valence-electron chi connectivity index (χ0n) is 14.1. The smallest absolute Gasteiger partial charge is 0.0991 e. The van der Waals surface area contributed by atoms with Gasteiger partial charge < -0.3 is 11.1 Å². The van der Waals surface area contributed by atoms with Crippen LogP contribution in [0.1, 0.15) is 50.2 Å². The average Bonchev–Trinajstić information content (AvgIpc) is 3.30. The maximum atomic E-state index is 8.83. The molecular formula is C19H27Cl2N3. The number of hydrogen-bond donors (Lipinski definition) is 2. The molecule has 2 saturated carbocycles. The van der Waals surface area contributed by atoms with Gasteiger partial charge in [0.1, 0.15) is 0 Å². The van der Waals surface area contributed by atoms with E-state index in [1.165, 1.54) is 30.4 Å². The number of nitrogens with two attached hydrogens (primary N) is 1. The molecule has 0 amide bonds. The third-order valence-electron chi connectivity index (χ3n) is 5.03. The van der Waals surface area contributed by atoms with Crippen LogP contribution < -0.4 is 11.1 Å². The predicted molar refractivity (Wildman–Crippen MR) is 105 cm³/mol. The Morgan fingerprint density at radius 2 is 1.79 bits per heavy atom. The van der Waals surface area contributed by atoms with Gasteiger partial charge in [-0.2, -0.15) is 5.26 Å². The van der Waals surface area contributed by atoms with Crippen LogP contribution in [0.4, 0.5) is 0 Å². The van der Waals surface area contributed by atoms with Gasteiger partial charge in [-0.1, -0.05) is 23.8 Å². The summed E-state index contributed by atoms with van der Waals surface area (Å²) in [5.41, 5.74) is 9.31. The summed E-state index contributed by atoms with van der Waals surface area (Å²) in [6.07, 6.45) is 8.28. The highest BCUT2D eigenvalue weighted by atomic mass is 35.5. The van der Waals surface area contributed by atoms with Gasteiger partial charge in [0.05, 0.1) is 11.6 Å². The first kappa shape index (κ1) is 21.0. The van der Waals surface area contributed by atoms with E-state index in [2.05, 4.69) is 24.4 Å². The van der Waals surface area contributed by atoms with Gasteiger partial charge in [0, 0.05) is 18.1 Å². The first-order valence-corrected chi connectivity index (χ1v) is 8.35. The summed E-state index contributed by atoms with van der Waals surface area (Å²) in [5.74, 6) is 0.672. The minimum atomic E-state index is 0. The molecule has 1 aromatic carbocycles. The zero-order valence-corrected chi connectivity index (χ0v) is 15.7. The minimum absolute atomic E-state index is 0. The van der Waals surface area contributed by atoms with E-state index >= 15 is 0 Å². The maximum absolute atomic E-state index is 8.83. The number of hydrogen-bond acceptors (Lipinski definition) is 3. The van der Waals surface area contributed by atoms with Gasteiger partial charge in [-0.05, 0) is 62.6 Å². The van der Waals surface area contributed by atoms with Crippen molar-refractivity contribution in [2.45, 2.75) is 57.2 Å². The zero-order chi connectivity index (χ0) is 15.5. The largest absolute Gasteiger partial charge is 0.328 e. The molecular weight excluding hydrogens is 341 g/mol. The third-order valence-corrected chi connectivity index (χ3v) is 5.03. The molecule has 132 valence electrons. The summed E-state index contributed by atoms with van der Waals surface area (Å²) in [5, 5.41) is 12.6. The Bertz CT molecular complexity index is 584. The van der Waals surface area contributed by atoms with E-state index in [4.69, 9.17) is 11.0 Å². The molecule has 5 heteroatoms. The van der Waals surface area contributed by atoms with Gasteiger partial charge in [0.15, 0.2) is 0 Å². The molecule has 1 aromatic rings. The molecule has 2 aliphatic rings. The summed E-state index contributed by atoms with van der Waals surface area (Å²) < 4.78 is 0. The van der Waals surface area contributed by atoms with Crippen molar-refractivity contribution in [2.75, 3.05) is 0 Å². The lowest BCUT2D eigenvalue weighted by molar-refractivity contribution is 0.338. The molecule has 2 atom stereocenters. The number of rotatable bonds is 4. The molecule has 0 spiro atoms. The van der Waals surface area contributed by atoms with E-state index in [0.29, 0.717) is 24.0 Å². The number of halogens is 2. The van der Waals surface area contributed by atoms with Crippen LogP contribution in [0.15, 0.2) is 29.8 Å². The van der Waals surface area contributed by atoms with Crippen molar-refractivity contribution in [3.05, 3.63) is 41.0 Å². The molecule has 2 aliphatic carbocycles. The predicted octanol–water partition coefficient (Wildman–Crippen LogP) is 4.05. The van der Waals surface area contributed by atoms with E-state index in [-0.39, 0.29) is 24.8 Å². The van der Waals surface area contributed by atoms with E-state index in [9.17, 15) is 0 Å². The highest BCUT2D eigenvalue weighted by Gasteiger charge is 2.39. The van der Waals surface area contributed by atoms with Crippen molar-refractivity contribution in [3.63, 3.8) is 0 Å². The van der Waals surface area contributed by atoms with E-state index in [1.54, 1.807) is 0 Å². The fraction of sp³-hybridized carbons (Fsp3) is 0.526. The number of nitriles is 1. The lowest BCUT2D eigenvalue weighted by atomic mass is 9.92. The second-order valence-electron chi connectivity index (χ2n) is 6.85. The highest BCUT2D eigenvalue weighted by molar-refractivity contribution is 5.85. The summed E-state index contributed by atoms with van der Waals surface area (Å²) in [7, 11) is 0. The van der Waals surface area contributed by atoms with Gasteiger partial charge in [-0.15, -0.1) is 24.8 Å². The van der Waals surface area contributed by atoms with E-state index in [0.717, 1.165) is 18.4 Å². The monoisotopic (exact) mass is 367 g/mol. The Morgan fingerprint density at radius 3 is 2.38 bits per heavy atom. The van der Waals surface area contributed by atoms with Crippen LogP contribution in [-0.4, -0.2) is 18.1 Å². The minimum Gasteiger partial charge on any atom is -0.328 e. The molecule has 3 rings (SSSR count). The van der Waals surface area contributed by atoms with Crippen LogP contribution in [0.3, 0.4) is 0 Å². The molecule has 2 unspecified atom stereocenters. The van der Waals surface area contributed by atoms with Gasteiger partial charge >= 0.3 is 0 Å². The summed E-state index contributed by atoms with van der Waals surface area (Å²) in [4.78, 5) is 0. The molecule has 0 aromatic heterocycles. The van der Waals surface area contributed by atoms with Crippen LogP contribution >= 0.6 is 24.8 Å². The molecule has 0 heterocycles. The molecule has 0 radical (unpaired) electrons. The van der Waals surface area contributed by atoms with E-state index in [1.807, 2.05) is 24.3 Å². The van der Waals surface area contributed by atoms with Crippen LogP contribution in [0.2, 0.25) is 0 Å². The summed E-state index contributed by atoms with van der Waals surface area (Å²) in [6, 6.07) is 11.7. The van der Waals surface area contributed by atoms with Crippen molar-refractivity contribution >= 4 is 30.9 Å². The Labute approximate surface area is 157 Å². The van der Waals surface area contributed by atoms with Gasteiger partial charge in [0.25, 0.3) is 0 Å². The lowest BCUT2D eigenvalue weighted by Crippen LogP contribution is -2.38. The van der Waals surface area contributed by atoms with E-state index < -0.39 is 0 Å². The first-order valence-electron chi connectivity index (χ1n) is 8.35. The molecule has 3 N–H and O–H groups in total. The summed E-state index contributed by atoms with van der Waals surface area (Å²) >= 11 is 0. The number of nitrogens with one attached hydrogen (secondary N) is 1. The van der Waals surface area contributed by atoms with Gasteiger partial charge in [0.2, 0.25) is 0 Å². The van der Waals surface area contributed by atoms with Crippen LogP contribution in [0.5, 0.6) is 0 Å². The topological polar surface area (TPSA) is 61.8 Å². The van der Waals surface area contributed by atoms with Crippen LogP contribution in [-0.2, 0) is 0 Å². The second-order valence-corrected chi connectivity index (χ2v) is 6.85. The Kier molecular flexibility index (Phi) is 8.26. The van der Waals surface area contributed by atoms with Crippen LogP contribution in [0, 0.1) is 17.2 Å². The second kappa shape index (κ2) is 9.44. The molecule has 3 nitrogen and oxygen atoms in total. The first-order chi connectivity index (χ1) is 10.7. The summed E-state index contributed by atoms with van der Waals surface area (Å²) in [6.45, 7) is 2.22. The maximum Gasteiger partial charge on any atom is 0.0991 e. The van der Waals surface area contributed by atoms with Crippen molar-refractivity contribution < 1.29 is 0 Å². The van der Waals surface area contributed by atoms with Gasteiger partial charge in [-0.3, -0.25) is 0 Å². The third kappa shape index (κ3) is 5.50. The Balaban J connectivity index is 0.00000144. The van der Waals surface area contributed by atoms with Crippen molar-refractivity contribution in [1.29, 1.82) is 5.26 Å². The molecule has 0 saturated heterocycles. The highest BCUT2D eigenvalue weighted by Crippen LogP contribution is 2.39. The van der Waals surface area contributed by atoms with Crippen molar-refractivity contribution in [3.8, 4) is 6.07 Å². The SMILES string of the molecule is CC(=Cc1ccc(C#N)cc1)C1CC1NC1CCC(N)CC1.Cl.Cl. The van der Waals surface area contributed by atoms with Gasteiger partial charge in [-0.25, -0.2) is 0 Å². The average molecular weight is 368 g/mol. The van der Waals surface area contributed by atoms with Crippen molar-refractivity contribution in [2.24, 2.45) is 11.7 Å². The fourth-order valence-corrected chi connectivity index (χ4v) is 3.49. The Morgan fingerprint density at radius 1 is 1.17 bits per heavy atom. The van der Waals surface area contributed by atoms with Crippen LogP contribution in [0.25, 0.3) is 6.08 Å². The quantitative estimate of drug-likeness (QED) is 0.843. The normalized spacial score (nSPS) is 29.0. The lowest BCUT2D eigenvalue weighted by Gasteiger charge is -2.27. The molecule has 2 fully saturated rings. The number of nitrogens with zero attached hydrogens (tertiary/aromatic N) is 1. The standard InChI is InChI=1S/C19H25N3.2ClH/c1-13(10-14-2-4-15(12-20)5-3-14)18-11-19(18)22-17-8-6-16(21)7-9-17;;/h2-5,10,16-19,22H,6-9,11,21H2,1H3;2*1H. The fourth-order valence-electron chi connectivity index (χ4n) is 3.49. The molecule has 0 aliphatic heterocycles. The Hall–Kier alpha value is -1.05.